The van der Waals surface area contributed by atoms with Gasteiger partial charge in [0.25, 0.3) is 0 Å². The second-order valence-corrected chi connectivity index (χ2v) is 5.83. The molecule has 0 atom stereocenters. The van der Waals surface area contributed by atoms with Crippen LogP contribution in [0.3, 0.4) is 0 Å². The smallest absolute Gasteiger partial charge is 0.0159 e. The minimum atomic E-state index is 0.653. The molecule has 16 heavy (non-hydrogen) atoms. The largest absolute Gasteiger partial charge is 0.0587 e. The average molecular weight is 216 g/mol. The fourth-order valence-electron chi connectivity index (χ4n) is 2.55. The van der Waals surface area contributed by atoms with Gasteiger partial charge in [-0.05, 0) is 47.3 Å². The van der Waals surface area contributed by atoms with Crippen LogP contribution in [-0.2, 0) is 0 Å². The van der Waals surface area contributed by atoms with E-state index in [0.717, 1.165) is 5.92 Å². The third-order valence-electron chi connectivity index (χ3n) is 3.94. The van der Waals surface area contributed by atoms with Gasteiger partial charge in [-0.3, -0.25) is 0 Å². The van der Waals surface area contributed by atoms with E-state index in [2.05, 4.69) is 45.9 Å². The van der Waals surface area contributed by atoms with Crippen LogP contribution in [-0.4, -0.2) is 0 Å². The van der Waals surface area contributed by atoms with Crippen LogP contribution in [0.2, 0.25) is 0 Å². The molecule has 1 aliphatic rings. The molecular weight excluding hydrogens is 192 g/mol. The summed E-state index contributed by atoms with van der Waals surface area (Å²) in [4.78, 5) is 0. The highest BCUT2D eigenvalue weighted by Crippen LogP contribution is 2.40. The van der Waals surface area contributed by atoms with Gasteiger partial charge in [0, 0.05) is 0 Å². The monoisotopic (exact) mass is 216 g/mol. The lowest BCUT2D eigenvalue weighted by atomic mass is 9.75. The molecule has 0 radical (unpaired) electrons. The van der Waals surface area contributed by atoms with Crippen molar-refractivity contribution in [1.82, 2.24) is 0 Å². The Morgan fingerprint density at radius 1 is 1.00 bits per heavy atom. The highest BCUT2D eigenvalue weighted by Gasteiger charge is 2.23. The minimum Gasteiger partial charge on any atom is -0.0587 e. The van der Waals surface area contributed by atoms with Gasteiger partial charge in [-0.15, -0.1) is 0 Å². The Balaban J connectivity index is 2.38. The third kappa shape index (κ3) is 2.16. The van der Waals surface area contributed by atoms with Crippen molar-refractivity contribution < 1.29 is 0 Å². The summed E-state index contributed by atoms with van der Waals surface area (Å²) < 4.78 is 0. The number of hydrogen-bond acceptors (Lipinski definition) is 0. The Kier molecular flexibility index (Phi) is 3.37. The predicted molar refractivity (Wildman–Crippen MR) is 71.2 cm³/mol. The minimum absolute atomic E-state index is 0.653. The van der Waals surface area contributed by atoms with Gasteiger partial charge in [-0.25, -0.2) is 0 Å². The zero-order valence-electron chi connectivity index (χ0n) is 11.1. The summed E-state index contributed by atoms with van der Waals surface area (Å²) in [6, 6.07) is 7.17. The Labute approximate surface area is 100 Å². The molecule has 2 rings (SSSR count). The van der Waals surface area contributed by atoms with E-state index in [1.54, 1.807) is 11.1 Å². The summed E-state index contributed by atoms with van der Waals surface area (Å²) in [5.41, 5.74) is 4.73. The van der Waals surface area contributed by atoms with E-state index in [9.17, 15) is 0 Å². The van der Waals surface area contributed by atoms with Crippen molar-refractivity contribution in [3.8, 4) is 0 Å². The summed E-state index contributed by atoms with van der Waals surface area (Å²) in [5, 5.41) is 0. The van der Waals surface area contributed by atoms with Gasteiger partial charge in [-0.2, -0.15) is 0 Å². The second kappa shape index (κ2) is 4.61. The van der Waals surface area contributed by atoms with E-state index in [0.29, 0.717) is 11.8 Å². The van der Waals surface area contributed by atoms with Gasteiger partial charge >= 0.3 is 0 Å². The highest BCUT2D eigenvalue weighted by atomic mass is 14.3. The van der Waals surface area contributed by atoms with Gasteiger partial charge in [-0.1, -0.05) is 52.3 Å². The van der Waals surface area contributed by atoms with E-state index < -0.39 is 0 Å². The molecule has 0 spiro atoms. The van der Waals surface area contributed by atoms with Crippen LogP contribution in [0.25, 0.3) is 0 Å². The van der Waals surface area contributed by atoms with E-state index in [4.69, 9.17) is 0 Å². The van der Waals surface area contributed by atoms with E-state index in [-0.39, 0.29) is 0 Å². The Bertz CT molecular complexity index is 356. The van der Waals surface area contributed by atoms with Crippen LogP contribution in [0.4, 0.5) is 0 Å². The average Bonchev–Trinajstić information content (AvgIpc) is 2.14. The second-order valence-electron chi connectivity index (χ2n) is 5.83. The molecule has 1 aromatic rings. The number of hydrogen-bond donors (Lipinski definition) is 0. The summed E-state index contributed by atoms with van der Waals surface area (Å²) in [6.07, 6.45) is 4.23. The van der Waals surface area contributed by atoms with Crippen molar-refractivity contribution in [3.63, 3.8) is 0 Å². The summed E-state index contributed by atoms with van der Waals surface area (Å²) in [7, 11) is 0. The van der Waals surface area contributed by atoms with Gasteiger partial charge < -0.3 is 0 Å². The van der Waals surface area contributed by atoms with Crippen molar-refractivity contribution in [1.29, 1.82) is 0 Å². The summed E-state index contributed by atoms with van der Waals surface area (Å²) in [5.74, 6) is 2.17. The SMILES string of the molecule is CC(C)c1ccc(C(C)C)c(C2CCC2)c1. The van der Waals surface area contributed by atoms with Gasteiger partial charge in [0.1, 0.15) is 0 Å². The molecule has 0 amide bonds. The molecule has 0 N–H and O–H groups in total. The zero-order chi connectivity index (χ0) is 11.7. The topological polar surface area (TPSA) is 0 Å². The maximum atomic E-state index is 2.48. The summed E-state index contributed by atoms with van der Waals surface area (Å²) in [6.45, 7) is 9.20. The quantitative estimate of drug-likeness (QED) is 0.651. The molecule has 0 nitrogen and oxygen atoms in total. The van der Waals surface area contributed by atoms with Crippen LogP contribution in [0.5, 0.6) is 0 Å². The van der Waals surface area contributed by atoms with Crippen molar-refractivity contribution in [2.75, 3.05) is 0 Å². The molecule has 0 saturated heterocycles. The standard InChI is InChI=1S/C16H24/c1-11(2)14-8-9-15(12(3)4)16(10-14)13-6-5-7-13/h8-13H,5-7H2,1-4H3. The maximum Gasteiger partial charge on any atom is -0.0159 e. The summed E-state index contributed by atoms with van der Waals surface area (Å²) >= 11 is 0. The van der Waals surface area contributed by atoms with Gasteiger partial charge in [0.2, 0.25) is 0 Å². The predicted octanol–water partition coefficient (Wildman–Crippen LogP) is 5.20. The molecule has 88 valence electrons. The van der Waals surface area contributed by atoms with E-state index in [1.165, 1.54) is 24.8 Å². The first-order valence-electron chi connectivity index (χ1n) is 6.73. The number of benzene rings is 1. The van der Waals surface area contributed by atoms with Crippen molar-refractivity contribution in [2.24, 2.45) is 0 Å². The number of rotatable bonds is 3. The molecule has 0 aliphatic heterocycles. The molecule has 0 aromatic heterocycles. The lowest BCUT2D eigenvalue weighted by Gasteiger charge is -2.30. The van der Waals surface area contributed by atoms with Crippen LogP contribution in [0, 0.1) is 0 Å². The third-order valence-corrected chi connectivity index (χ3v) is 3.94. The van der Waals surface area contributed by atoms with Crippen LogP contribution in [0.15, 0.2) is 18.2 Å². The Morgan fingerprint density at radius 2 is 1.69 bits per heavy atom. The zero-order valence-corrected chi connectivity index (χ0v) is 11.1. The Morgan fingerprint density at radius 3 is 2.12 bits per heavy atom. The molecule has 0 unspecified atom stereocenters. The van der Waals surface area contributed by atoms with Gasteiger partial charge in [0.15, 0.2) is 0 Å². The molecule has 0 heteroatoms. The molecule has 0 bridgehead atoms. The fraction of sp³-hybridized carbons (Fsp3) is 0.625. The van der Waals surface area contributed by atoms with Crippen LogP contribution >= 0.6 is 0 Å². The molecule has 0 heterocycles. The molecular formula is C16H24. The van der Waals surface area contributed by atoms with Crippen LogP contribution in [0.1, 0.15) is 81.4 Å². The van der Waals surface area contributed by atoms with Crippen molar-refractivity contribution >= 4 is 0 Å². The first kappa shape index (κ1) is 11.7. The molecule has 1 saturated carbocycles. The van der Waals surface area contributed by atoms with Crippen molar-refractivity contribution in [3.05, 3.63) is 34.9 Å². The van der Waals surface area contributed by atoms with Crippen LogP contribution < -0.4 is 0 Å². The van der Waals surface area contributed by atoms with E-state index >= 15 is 0 Å². The van der Waals surface area contributed by atoms with Gasteiger partial charge in [0.05, 0.1) is 0 Å². The normalized spacial score (nSPS) is 16.9. The first-order valence-corrected chi connectivity index (χ1v) is 6.73. The molecule has 1 fully saturated rings. The van der Waals surface area contributed by atoms with Crippen molar-refractivity contribution in [2.45, 2.75) is 64.7 Å². The first-order chi connectivity index (χ1) is 7.59. The highest BCUT2D eigenvalue weighted by molar-refractivity contribution is 5.38. The maximum absolute atomic E-state index is 2.48. The molecule has 1 aromatic carbocycles. The lowest BCUT2D eigenvalue weighted by Crippen LogP contribution is -2.12. The fourth-order valence-corrected chi connectivity index (χ4v) is 2.55. The lowest BCUT2D eigenvalue weighted by molar-refractivity contribution is 0.415. The molecule has 1 aliphatic carbocycles. The van der Waals surface area contributed by atoms with E-state index in [1.807, 2.05) is 0 Å². The Hall–Kier alpha value is -0.780.